The Morgan fingerprint density at radius 2 is 1.61 bits per heavy atom. The monoisotopic (exact) mass is 309 g/mol. The highest BCUT2D eigenvalue weighted by atomic mass is 16.5. The Hall–Kier alpha value is -3.08. The van der Waals surface area contributed by atoms with E-state index in [1.54, 1.807) is 36.4 Å². The lowest BCUT2D eigenvalue weighted by atomic mass is 9.99. The lowest BCUT2D eigenvalue weighted by Crippen LogP contribution is -2.31. The molecular formula is C18H15NO4. The minimum Gasteiger partial charge on any atom is -0.503 e. The molecule has 3 rings (SSSR count). The first-order valence-corrected chi connectivity index (χ1v) is 7.10. The third kappa shape index (κ3) is 2.46. The molecule has 2 aromatic carbocycles. The summed E-state index contributed by atoms with van der Waals surface area (Å²) >= 11 is 0. The predicted octanol–water partition coefficient (Wildman–Crippen LogP) is 2.76. The number of amides is 1. The number of carbonyl (C=O) groups is 2. The molecular weight excluding hydrogens is 294 g/mol. The fourth-order valence-electron chi connectivity index (χ4n) is 2.73. The van der Waals surface area contributed by atoms with E-state index in [1.165, 1.54) is 12.0 Å². The van der Waals surface area contributed by atoms with E-state index in [-0.39, 0.29) is 5.57 Å². The molecule has 1 atom stereocenters. The molecule has 0 aliphatic carbocycles. The zero-order chi connectivity index (χ0) is 16.4. The Kier molecular flexibility index (Phi) is 3.85. The smallest absolute Gasteiger partial charge is 0.340 e. The largest absolute Gasteiger partial charge is 0.503 e. The lowest BCUT2D eigenvalue weighted by Gasteiger charge is -2.26. The van der Waals surface area contributed by atoms with Gasteiger partial charge in [-0.25, -0.2) is 4.79 Å². The molecule has 0 bridgehead atoms. The fourth-order valence-corrected chi connectivity index (χ4v) is 2.73. The molecule has 0 aromatic heterocycles. The number of aliphatic hydroxyl groups excluding tert-OH is 1. The average molecular weight is 309 g/mol. The van der Waals surface area contributed by atoms with Gasteiger partial charge >= 0.3 is 5.97 Å². The fraction of sp³-hybridized carbons (Fsp3) is 0.111. The van der Waals surface area contributed by atoms with Crippen LogP contribution in [0.25, 0.3) is 0 Å². The summed E-state index contributed by atoms with van der Waals surface area (Å²) in [4.78, 5) is 26.0. The molecule has 1 heterocycles. The second kappa shape index (κ2) is 5.96. The zero-order valence-electron chi connectivity index (χ0n) is 12.5. The van der Waals surface area contributed by atoms with Gasteiger partial charge in [0.25, 0.3) is 5.91 Å². The van der Waals surface area contributed by atoms with Gasteiger partial charge in [-0.1, -0.05) is 48.5 Å². The molecule has 0 radical (unpaired) electrons. The summed E-state index contributed by atoms with van der Waals surface area (Å²) in [5.41, 5.74) is 1.26. The van der Waals surface area contributed by atoms with Crippen LogP contribution in [0.2, 0.25) is 0 Å². The second-order valence-electron chi connectivity index (χ2n) is 5.08. The number of hydrogen-bond acceptors (Lipinski definition) is 4. The number of ether oxygens (including phenoxy) is 1. The van der Waals surface area contributed by atoms with Crippen molar-refractivity contribution in [3.63, 3.8) is 0 Å². The molecule has 1 unspecified atom stereocenters. The van der Waals surface area contributed by atoms with Crippen LogP contribution >= 0.6 is 0 Å². The minimum absolute atomic E-state index is 0.0486. The first-order valence-electron chi connectivity index (χ1n) is 7.10. The number of nitrogens with zero attached hydrogens (tertiary/aromatic N) is 1. The molecule has 5 heteroatoms. The van der Waals surface area contributed by atoms with Crippen LogP contribution in [0.15, 0.2) is 72.0 Å². The number of rotatable bonds is 3. The van der Waals surface area contributed by atoms with Crippen molar-refractivity contribution in [3.05, 3.63) is 77.6 Å². The average Bonchev–Trinajstić information content (AvgIpc) is 2.87. The zero-order valence-corrected chi connectivity index (χ0v) is 12.5. The number of benzene rings is 2. The molecule has 0 fully saturated rings. The number of para-hydroxylation sites is 1. The molecule has 23 heavy (non-hydrogen) atoms. The molecule has 1 amide bonds. The number of esters is 1. The second-order valence-corrected chi connectivity index (χ2v) is 5.08. The number of carbonyl (C=O) groups excluding carboxylic acids is 2. The van der Waals surface area contributed by atoms with Gasteiger partial charge in [0.15, 0.2) is 5.76 Å². The summed E-state index contributed by atoms with van der Waals surface area (Å²) in [6, 6.07) is 17.3. The van der Waals surface area contributed by atoms with Gasteiger partial charge in [0.05, 0.1) is 13.2 Å². The van der Waals surface area contributed by atoms with E-state index < -0.39 is 23.7 Å². The maximum absolute atomic E-state index is 12.5. The molecule has 0 saturated carbocycles. The highest BCUT2D eigenvalue weighted by Crippen LogP contribution is 2.40. The molecule has 0 saturated heterocycles. The van der Waals surface area contributed by atoms with Crippen molar-refractivity contribution < 1.29 is 19.4 Å². The summed E-state index contributed by atoms with van der Waals surface area (Å²) in [5.74, 6) is -1.91. The van der Waals surface area contributed by atoms with E-state index in [4.69, 9.17) is 4.74 Å². The van der Waals surface area contributed by atoms with E-state index >= 15 is 0 Å². The van der Waals surface area contributed by atoms with E-state index in [2.05, 4.69) is 0 Å². The van der Waals surface area contributed by atoms with Crippen LogP contribution in [0.4, 0.5) is 5.69 Å². The Bertz CT molecular complexity index is 768. The summed E-state index contributed by atoms with van der Waals surface area (Å²) in [7, 11) is 1.22. The molecule has 1 N–H and O–H groups in total. The topological polar surface area (TPSA) is 66.8 Å². The molecule has 5 nitrogen and oxygen atoms in total. The van der Waals surface area contributed by atoms with Crippen LogP contribution < -0.4 is 4.90 Å². The minimum atomic E-state index is -0.724. The number of hydrogen-bond donors (Lipinski definition) is 1. The Morgan fingerprint density at radius 3 is 2.17 bits per heavy atom. The van der Waals surface area contributed by atoms with Gasteiger partial charge in [0.2, 0.25) is 0 Å². The van der Waals surface area contributed by atoms with Crippen molar-refractivity contribution in [1.29, 1.82) is 0 Å². The molecule has 2 aromatic rings. The molecule has 1 aliphatic rings. The summed E-state index contributed by atoms with van der Waals surface area (Å²) in [6.07, 6.45) is 0. The molecule has 0 spiro atoms. The normalized spacial score (nSPS) is 17.5. The van der Waals surface area contributed by atoms with Crippen LogP contribution in [0.3, 0.4) is 0 Å². The summed E-state index contributed by atoms with van der Waals surface area (Å²) in [6.45, 7) is 0. The maximum Gasteiger partial charge on any atom is 0.340 e. The van der Waals surface area contributed by atoms with Gasteiger partial charge in [-0.2, -0.15) is 0 Å². The SMILES string of the molecule is COC(=O)C1=C(O)C(=O)N(c2ccccc2)C1c1ccccc1. The highest BCUT2D eigenvalue weighted by molar-refractivity contribution is 6.15. The van der Waals surface area contributed by atoms with E-state index in [0.717, 1.165) is 0 Å². The van der Waals surface area contributed by atoms with Crippen LogP contribution in [0.5, 0.6) is 0 Å². The lowest BCUT2D eigenvalue weighted by molar-refractivity contribution is -0.136. The molecule has 1 aliphatic heterocycles. The third-order valence-corrected chi connectivity index (χ3v) is 3.76. The van der Waals surface area contributed by atoms with Gasteiger partial charge in [-0.3, -0.25) is 9.69 Å². The first kappa shape index (κ1) is 14.8. The summed E-state index contributed by atoms with van der Waals surface area (Å²) < 4.78 is 4.75. The van der Waals surface area contributed by atoms with E-state index in [0.29, 0.717) is 11.3 Å². The first-order chi connectivity index (χ1) is 11.1. The number of aliphatic hydroxyl groups is 1. The van der Waals surface area contributed by atoms with Crippen LogP contribution in [-0.2, 0) is 14.3 Å². The molecule has 116 valence electrons. The van der Waals surface area contributed by atoms with E-state index in [1.807, 2.05) is 24.3 Å². The quantitative estimate of drug-likeness (QED) is 0.885. The van der Waals surface area contributed by atoms with Crippen LogP contribution in [-0.4, -0.2) is 24.1 Å². The van der Waals surface area contributed by atoms with Crippen molar-refractivity contribution >= 4 is 17.6 Å². The van der Waals surface area contributed by atoms with Crippen molar-refractivity contribution in [2.75, 3.05) is 12.0 Å². The third-order valence-electron chi connectivity index (χ3n) is 3.76. The maximum atomic E-state index is 12.5. The Morgan fingerprint density at radius 1 is 1.04 bits per heavy atom. The van der Waals surface area contributed by atoms with Gasteiger partial charge in [-0.15, -0.1) is 0 Å². The standard InChI is InChI=1S/C18H15NO4/c1-23-18(22)14-15(12-8-4-2-5-9-12)19(17(21)16(14)20)13-10-6-3-7-11-13/h2-11,15,20H,1H3. The van der Waals surface area contributed by atoms with Gasteiger partial charge in [0, 0.05) is 5.69 Å². The van der Waals surface area contributed by atoms with Crippen LogP contribution in [0, 0.1) is 0 Å². The van der Waals surface area contributed by atoms with Crippen LogP contribution in [0.1, 0.15) is 11.6 Å². The van der Waals surface area contributed by atoms with Gasteiger partial charge in [-0.05, 0) is 17.7 Å². The summed E-state index contributed by atoms with van der Waals surface area (Å²) in [5, 5.41) is 10.2. The van der Waals surface area contributed by atoms with Crippen molar-refractivity contribution in [3.8, 4) is 0 Å². The number of anilines is 1. The predicted molar refractivity (Wildman–Crippen MR) is 84.8 cm³/mol. The van der Waals surface area contributed by atoms with Crippen molar-refractivity contribution in [1.82, 2.24) is 0 Å². The van der Waals surface area contributed by atoms with Gasteiger partial charge in [0.1, 0.15) is 5.57 Å². The van der Waals surface area contributed by atoms with Crippen molar-refractivity contribution in [2.45, 2.75) is 6.04 Å². The Balaban J connectivity index is 2.17. The van der Waals surface area contributed by atoms with Crippen molar-refractivity contribution in [2.24, 2.45) is 0 Å². The number of methoxy groups -OCH3 is 1. The van der Waals surface area contributed by atoms with E-state index in [9.17, 15) is 14.7 Å². The van der Waals surface area contributed by atoms with Gasteiger partial charge < -0.3 is 9.84 Å². The Labute approximate surface area is 133 Å². The highest BCUT2D eigenvalue weighted by Gasteiger charge is 2.44.